The molecule has 3 aromatic rings. The lowest BCUT2D eigenvalue weighted by atomic mass is 10.2. The van der Waals surface area contributed by atoms with E-state index in [0.29, 0.717) is 16.8 Å². The van der Waals surface area contributed by atoms with E-state index in [-0.39, 0.29) is 18.2 Å². The third-order valence-corrected chi connectivity index (χ3v) is 6.71. The predicted octanol–water partition coefficient (Wildman–Crippen LogP) is 4.58. The molecule has 1 atom stereocenters. The highest BCUT2D eigenvalue weighted by atomic mass is 32.2. The first kappa shape index (κ1) is 19.6. The van der Waals surface area contributed by atoms with Gasteiger partial charge in [0.15, 0.2) is 5.17 Å². The fourth-order valence-corrected chi connectivity index (χ4v) is 5.19. The highest BCUT2D eigenvalue weighted by molar-refractivity contribution is 8.15. The summed E-state index contributed by atoms with van der Waals surface area (Å²) in [7, 11) is 0. The van der Waals surface area contributed by atoms with Crippen LogP contribution in [0.4, 0.5) is 10.8 Å². The van der Waals surface area contributed by atoms with E-state index in [0.717, 1.165) is 21.5 Å². The van der Waals surface area contributed by atoms with Crippen molar-refractivity contribution in [2.24, 2.45) is 4.99 Å². The molecule has 0 saturated carbocycles. The van der Waals surface area contributed by atoms with Crippen molar-refractivity contribution in [3.05, 3.63) is 54.1 Å². The maximum absolute atomic E-state index is 12.8. The van der Waals surface area contributed by atoms with Gasteiger partial charge in [0.2, 0.25) is 16.9 Å². The van der Waals surface area contributed by atoms with Gasteiger partial charge in [-0.25, -0.2) is 4.98 Å². The predicted molar refractivity (Wildman–Crippen MR) is 120 cm³/mol. The highest BCUT2D eigenvalue weighted by Gasteiger charge is 2.38. The summed E-state index contributed by atoms with van der Waals surface area (Å²) in [4.78, 5) is 36.1. The number of nitrogens with zero attached hydrogens (tertiary/aromatic N) is 3. The van der Waals surface area contributed by atoms with Gasteiger partial charge >= 0.3 is 0 Å². The quantitative estimate of drug-likeness (QED) is 0.650. The number of benzene rings is 2. The minimum Gasteiger partial charge on any atom is -0.326 e. The van der Waals surface area contributed by atoms with Gasteiger partial charge in [-0.15, -0.1) is 0 Å². The number of aryl methyl sites for hydroxylation is 1. The number of rotatable bonds is 5. The molecule has 0 aliphatic carbocycles. The molecule has 148 valence electrons. The van der Waals surface area contributed by atoms with Gasteiger partial charge in [-0.1, -0.05) is 53.4 Å². The number of amidine groups is 1. The van der Waals surface area contributed by atoms with Crippen LogP contribution in [0.25, 0.3) is 10.2 Å². The Morgan fingerprint density at radius 1 is 1.21 bits per heavy atom. The van der Waals surface area contributed by atoms with Crippen LogP contribution in [0.1, 0.15) is 18.9 Å². The molecular weight excluding hydrogens is 404 g/mol. The molecule has 0 unspecified atom stereocenters. The summed E-state index contributed by atoms with van der Waals surface area (Å²) in [5, 5.41) is 3.64. The van der Waals surface area contributed by atoms with Crippen LogP contribution < -0.4 is 5.32 Å². The van der Waals surface area contributed by atoms with Gasteiger partial charge < -0.3 is 5.32 Å². The summed E-state index contributed by atoms with van der Waals surface area (Å²) in [5.74, 6) is -0.264. The second kappa shape index (κ2) is 8.34. The third-order valence-electron chi connectivity index (χ3n) is 4.60. The molecule has 1 fully saturated rings. The van der Waals surface area contributed by atoms with E-state index in [4.69, 9.17) is 0 Å². The zero-order valence-corrected chi connectivity index (χ0v) is 17.7. The lowest BCUT2D eigenvalue weighted by molar-refractivity contribution is -0.128. The van der Waals surface area contributed by atoms with Crippen molar-refractivity contribution in [2.45, 2.75) is 25.5 Å². The summed E-state index contributed by atoms with van der Waals surface area (Å²) in [6, 6.07) is 15.4. The minimum absolute atomic E-state index is 0.0858. The lowest BCUT2D eigenvalue weighted by Crippen LogP contribution is -2.33. The number of anilines is 1. The monoisotopic (exact) mass is 424 g/mol. The molecule has 1 saturated heterocycles. The molecule has 4 rings (SSSR count). The first-order valence-electron chi connectivity index (χ1n) is 9.33. The maximum Gasteiger partial charge on any atom is 0.242 e. The van der Waals surface area contributed by atoms with Crippen LogP contribution in [0.5, 0.6) is 0 Å². The molecular formula is C21H20N4O2S2. The van der Waals surface area contributed by atoms with E-state index in [2.05, 4.69) is 15.3 Å². The van der Waals surface area contributed by atoms with Crippen LogP contribution >= 0.6 is 23.1 Å². The number of nitrogens with one attached hydrogen (secondary N) is 1. The molecule has 1 aromatic heterocycles. The number of aliphatic imine (C=N–C) groups is 1. The first-order valence-corrected chi connectivity index (χ1v) is 11.0. The van der Waals surface area contributed by atoms with Crippen molar-refractivity contribution in [3.8, 4) is 0 Å². The van der Waals surface area contributed by atoms with E-state index in [1.54, 1.807) is 4.90 Å². The summed E-state index contributed by atoms with van der Waals surface area (Å²) in [5.41, 5.74) is 2.64. The molecule has 1 aliphatic rings. The average Bonchev–Trinajstić information content (AvgIpc) is 3.24. The molecule has 6 nitrogen and oxygen atoms in total. The normalized spacial score (nSPS) is 18.0. The number of hydrogen-bond donors (Lipinski definition) is 1. The number of para-hydroxylation sites is 2. The molecule has 0 radical (unpaired) electrons. The largest absolute Gasteiger partial charge is 0.326 e. The number of amides is 2. The third kappa shape index (κ3) is 4.18. The van der Waals surface area contributed by atoms with E-state index in [9.17, 15) is 9.59 Å². The molecule has 29 heavy (non-hydrogen) atoms. The van der Waals surface area contributed by atoms with Gasteiger partial charge in [0, 0.05) is 18.7 Å². The van der Waals surface area contributed by atoms with Crippen molar-refractivity contribution in [1.29, 1.82) is 0 Å². The second-order valence-electron chi connectivity index (χ2n) is 6.61. The number of hydrogen-bond acceptors (Lipinski definition) is 6. The average molecular weight is 425 g/mol. The minimum atomic E-state index is -0.480. The standard InChI is InChI=1S/C21H20N4O2S2/c1-3-25-19(27)17(12-18(26)22-14-9-5-4-8-13(14)2)29-21(25)24-20-23-15-10-6-7-11-16(15)28-20/h4-11,17H,3,12H2,1-2H3,(H,22,26)/t17-/m1/s1. The fourth-order valence-electron chi connectivity index (χ4n) is 3.09. The van der Waals surface area contributed by atoms with Gasteiger partial charge in [-0.3, -0.25) is 14.5 Å². The van der Waals surface area contributed by atoms with Crippen LogP contribution in [0, 0.1) is 6.92 Å². The smallest absolute Gasteiger partial charge is 0.242 e. The SMILES string of the molecule is CCN1C(=O)[C@@H](CC(=O)Nc2ccccc2C)SC1=Nc1nc2ccccc2s1. The first-order chi connectivity index (χ1) is 14.0. The van der Waals surface area contributed by atoms with Crippen LogP contribution in [0.15, 0.2) is 53.5 Å². The van der Waals surface area contributed by atoms with E-state index in [1.165, 1.54) is 23.1 Å². The lowest BCUT2D eigenvalue weighted by Gasteiger charge is -2.13. The molecule has 1 N–H and O–H groups in total. The summed E-state index contributed by atoms with van der Waals surface area (Å²) in [6.45, 7) is 4.35. The Labute approximate surface area is 177 Å². The molecule has 2 heterocycles. The molecule has 2 amide bonds. The Bertz CT molecular complexity index is 1080. The highest BCUT2D eigenvalue weighted by Crippen LogP contribution is 2.34. The topological polar surface area (TPSA) is 74.7 Å². The van der Waals surface area contributed by atoms with Crippen LogP contribution in [0.3, 0.4) is 0 Å². The zero-order chi connectivity index (χ0) is 20.4. The van der Waals surface area contributed by atoms with Crippen molar-refractivity contribution in [3.63, 3.8) is 0 Å². The number of carbonyl (C=O) groups is 2. The zero-order valence-electron chi connectivity index (χ0n) is 16.1. The summed E-state index contributed by atoms with van der Waals surface area (Å²) in [6.07, 6.45) is 0.104. The van der Waals surface area contributed by atoms with Gasteiger partial charge in [-0.05, 0) is 37.6 Å². The summed E-state index contributed by atoms with van der Waals surface area (Å²) < 4.78 is 1.05. The van der Waals surface area contributed by atoms with Crippen LogP contribution in [-0.4, -0.2) is 38.7 Å². The van der Waals surface area contributed by atoms with E-state index < -0.39 is 5.25 Å². The molecule has 0 bridgehead atoms. The van der Waals surface area contributed by atoms with Crippen molar-refractivity contribution in [2.75, 3.05) is 11.9 Å². The number of carbonyl (C=O) groups excluding carboxylic acids is 2. The maximum atomic E-state index is 12.8. The fraction of sp³-hybridized carbons (Fsp3) is 0.238. The van der Waals surface area contributed by atoms with Gasteiger partial charge in [-0.2, -0.15) is 4.99 Å². The van der Waals surface area contributed by atoms with Crippen LogP contribution in [0.2, 0.25) is 0 Å². The van der Waals surface area contributed by atoms with Crippen molar-refractivity contribution < 1.29 is 9.59 Å². The van der Waals surface area contributed by atoms with Gasteiger partial charge in [0.25, 0.3) is 0 Å². The molecule has 0 spiro atoms. The van der Waals surface area contributed by atoms with Gasteiger partial charge in [0.05, 0.1) is 10.2 Å². The Kier molecular flexibility index (Phi) is 5.64. The second-order valence-corrected chi connectivity index (χ2v) is 8.79. The number of thioether (sulfide) groups is 1. The Morgan fingerprint density at radius 3 is 2.72 bits per heavy atom. The van der Waals surface area contributed by atoms with Gasteiger partial charge in [0.1, 0.15) is 5.25 Å². The Hall–Kier alpha value is -2.71. The molecule has 2 aromatic carbocycles. The van der Waals surface area contributed by atoms with Crippen molar-refractivity contribution >= 4 is 61.1 Å². The van der Waals surface area contributed by atoms with Crippen LogP contribution in [-0.2, 0) is 9.59 Å². The molecule has 1 aliphatic heterocycles. The molecule has 8 heteroatoms. The number of thiazole rings is 1. The van der Waals surface area contributed by atoms with E-state index in [1.807, 2.05) is 62.4 Å². The van der Waals surface area contributed by atoms with E-state index >= 15 is 0 Å². The summed E-state index contributed by atoms with van der Waals surface area (Å²) >= 11 is 2.82. The Balaban J connectivity index is 1.50. The number of fused-ring (bicyclic) bond motifs is 1. The Morgan fingerprint density at radius 2 is 1.97 bits per heavy atom. The number of aromatic nitrogens is 1. The van der Waals surface area contributed by atoms with Crippen molar-refractivity contribution in [1.82, 2.24) is 9.88 Å².